The van der Waals surface area contributed by atoms with Crippen molar-refractivity contribution in [2.24, 2.45) is 0 Å². The third-order valence-electron chi connectivity index (χ3n) is 4.42. The molecule has 0 bridgehead atoms. The van der Waals surface area contributed by atoms with Crippen LogP contribution < -0.4 is 4.74 Å². The Labute approximate surface area is 140 Å². The maximum Gasteiger partial charge on any atom is 0.249 e. The van der Waals surface area contributed by atoms with Gasteiger partial charge in [0.2, 0.25) is 15.9 Å². The SMILES string of the molecule is CN1C[C@@H]2Oc3ncccc3S(=O)(=O)N(Cc3ccccn3)[C@H]2C1. The van der Waals surface area contributed by atoms with Crippen molar-refractivity contribution in [3.8, 4) is 5.88 Å². The van der Waals surface area contributed by atoms with Crippen LogP contribution in [0.5, 0.6) is 5.88 Å². The molecular weight excluding hydrogens is 328 g/mol. The number of likely N-dealkylation sites (N-methyl/N-ethyl adjacent to an activating group) is 1. The summed E-state index contributed by atoms with van der Waals surface area (Å²) in [4.78, 5) is 10.6. The highest BCUT2D eigenvalue weighted by Gasteiger charge is 2.46. The Morgan fingerprint density at radius 3 is 2.79 bits per heavy atom. The average Bonchev–Trinajstić information content (AvgIpc) is 2.90. The minimum absolute atomic E-state index is 0.123. The minimum atomic E-state index is -3.72. The van der Waals surface area contributed by atoms with Crippen LogP contribution in [0.1, 0.15) is 5.69 Å². The predicted octanol–water partition coefficient (Wildman–Crippen LogP) is 0.742. The topological polar surface area (TPSA) is 75.6 Å². The second-order valence-corrected chi connectivity index (χ2v) is 7.98. The van der Waals surface area contributed by atoms with Crippen molar-refractivity contribution in [1.29, 1.82) is 0 Å². The van der Waals surface area contributed by atoms with Crippen molar-refractivity contribution in [3.05, 3.63) is 48.4 Å². The van der Waals surface area contributed by atoms with Gasteiger partial charge >= 0.3 is 0 Å². The molecule has 7 nitrogen and oxygen atoms in total. The number of nitrogens with zero attached hydrogens (tertiary/aromatic N) is 4. The van der Waals surface area contributed by atoms with E-state index in [4.69, 9.17) is 4.74 Å². The lowest BCUT2D eigenvalue weighted by Gasteiger charge is -2.27. The fraction of sp³-hybridized carbons (Fsp3) is 0.375. The number of sulfonamides is 1. The second-order valence-electron chi connectivity index (χ2n) is 6.12. The van der Waals surface area contributed by atoms with Gasteiger partial charge in [0.25, 0.3) is 0 Å². The molecule has 0 amide bonds. The molecule has 1 fully saturated rings. The number of hydrogen-bond acceptors (Lipinski definition) is 6. The third-order valence-corrected chi connectivity index (χ3v) is 6.30. The number of pyridine rings is 2. The van der Waals surface area contributed by atoms with E-state index in [0.717, 1.165) is 0 Å². The van der Waals surface area contributed by atoms with E-state index in [9.17, 15) is 8.42 Å². The molecule has 2 aromatic heterocycles. The standard InChI is InChI=1S/C16H18N4O3S/c1-19-10-13-14(11-19)23-16-15(6-4-8-18-16)24(21,22)20(13)9-12-5-2-3-7-17-12/h2-8,13-14H,9-11H2,1H3/t13-,14-/m0/s1. The van der Waals surface area contributed by atoms with E-state index in [1.807, 2.05) is 25.2 Å². The Kier molecular flexibility index (Phi) is 3.75. The summed E-state index contributed by atoms with van der Waals surface area (Å²) in [6, 6.07) is 8.40. The monoisotopic (exact) mass is 346 g/mol. The van der Waals surface area contributed by atoms with E-state index < -0.39 is 10.0 Å². The number of ether oxygens (including phenoxy) is 1. The molecule has 8 heteroatoms. The zero-order valence-electron chi connectivity index (χ0n) is 13.2. The van der Waals surface area contributed by atoms with E-state index in [2.05, 4.69) is 14.9 Å². The molecule has 126 valence electrons. The van der Waals surface area contributed by atoms with Crippen LogP contribution in [-0.4, -0.2) is 59.9 Å². The quantitative estimate of drug-likeness (QED) is 0.798. The first-order valence-electron chi connectivity index (χ1n) is 7.77. The summed E-state index contributed by atoms with van der Waals surface area (Å²) in [6.07, 6.45) is 2.98. The number of aromatic nitrogens is 2. The van der Waals surface area contributed by atoms with Crippen LogP contribution in [0.2, 0.25) is 0 Å². The molecule has 0 unspecified atom stereocenters. The van der Waals surface area contributed by atoms with E-state index in [-0.39, 0.29) is 29.5 Å². The van der Waals surface area contributed by atoms with Gasteiger partial charge in [0.05, 0.1) is 18.3 Å². The molecule has 0 spiro atoms. The number of rotatable bonds is 2. The first kappa shape index (κ1) is 15.5. The molecule has 0 radical (unpaired) electrons. The van der Waals surface area contributed by atoms with Crippen molar-refractivity contribution in [1.82, 2.24) is 19.2 Å². The van der Waals surface area contributed by atoms with Crippen molar-refractivity contribution in [3.63, 3.8) is 0 Å². The van der Waals surface area contributed by atoms with Crippen molar-refractivity contribution in [2.45, 2.75) is 23.6 Å². The molecule has 0 N–H and O–H groups in total. The van der Waals surface area contributed by atoms with Gasteiger partial charge in [-0.05, 0) is 31.3 Å². The van der Waals surface area contributed by atoms with Gasteiger partial charge < -0.3 is 9.64 Å². The fourth-order valence-corrected chi connectivity index (χ4v) is 4.98. The molecule has 2 aliphatic rings. The number of hydrogen-bond donors (Lipinski definition) is 0. The van der Waals surface area contributed by atoms with Crippen LogP contribution in [-0.2, 0) is 16.6 Å². The Morgan fingerprint density at radius 2 is 2.00 bits per heavy atom. The van der Waals surface area contributed by atoms with Crippen LogP contribution in [0, 0.1) is 0 Å². The molecule has 2 aliphatic heterocycles. The van der Waals surface area contributed by atoms with Gasteiger partial charge in [-0.1, -0.05) is 6.07 Å². The van der Waals surface area contributed by atoms with Gasteiger partial charge in [-0.2, -0.15) is 4.31 Å². The summed E-state index contributed by atoms with van der Waals surface area (Å²) in [5.41, 5.74) is 0.710. The van der Waals surface area contributed by atoms with Crippen LogP contribution in [0.4, 0.5) is 0 Å². The lowest BCUT2D eigenvalue weighted by Crippen LogP contribution is -2.46. The third kappa shape index (κ3) is 2.56. The predicted molar refractivity (Wildman–Crippen MR) is 86.9 cm³/mol. The molecular formula is C16H18N4O3S. The maximum atomic E-state index is 13.2. The minimum Gasteiger partial charge on any atom is -0.470 e. The van der Waals surface area contributed by atoms with E-state index in [1.165, 1.54) is 4.31 Å². The normalized spacial score (nSPS) is 26.2. The highest BCUT2D eigenvalue weighted by Crippen LogP contribution is 2.35. The molecule has 4 rings (SSSR count). The molecule has 0 aromatic carbocycles. The van der Waals surface area contributed by atoms with Gasteiger partial charge in [0.15, 0.2) is 0 Å². The Hall–Kier alpha value is -2.03. The molecule has 24 heavy (non-hydrogen) atoms. The summed E-state index contributed by atoms with van der Waals surface area (Å²) in [7, 11) is -1.75. The first-order valence-corrected chi connectivity index (χ1v) is 9.22. The van der Waals surface area contributed by atoms with E-state index in [1.54, 1.807) is 24.5 Å². The highest BCUT2D eigenvalue weighted by atomic mass is 32.2. The van der Waals surface area contributed by atoms with Crippen LogP contribution in [0.25, 0.3) is 0 Å². The largest absolute Gasteiger partial charge is 0.470 e. The van der Waals surface area contributed by atoms with Crippen LogP contribution >= 0.6 is 0 Å². The first-order chi connectivity index (χ1) is 11.6. The van der Waals surface area contributed by atoms with Crippen LogP contribution in [0.3, 0.4) is 0 Å². The van der Waals surface area contributed by atoms with Gasteiger partial charge in [0, 0.05) is 25.5 Å². The second kappa shape index (κ2) is 5.80. The summed E-state index contributed by atoms with van der Waals surface area (Å²) >= 11 is 0. The summed E-state index contributed by atoms with van der Waals surface area (Å²) < 4.78 is 33.9. The van der Waals surface area contributed by atoms with E-state index >= 15 is 0 Å². The Balaban J connectivity index is 1.81. The Morgan fingerprint density at radius 1 is 1.17 bits per heavy atom. The van der Waals surface area contributed by atoms with Gasteiger partial charge in [-0.25, -0.2) is 13.4 Å². The summed E-state index contributed by atoms with van der Waals surface area (Å²) in [6.45, 7) is 1.50. The zero-order valence-corrected chi connectivity index (χ0v) is 14.1. The number of fused-ring (bicyclic) bond motifs is 2. The van der Waals surface area contributed by atoms with Gasteiger partial charge in [-0.15, -0.1) is 0 Å². The van der Waals surface area contributed by atoms with Crippen molar-refractivity contribution >= 4 is 10.0 Å². The molecule has 2 atom stereocenters. The molecule has 0 aliphatic carbocycles. The average molecular weight is 346 g/mol. The van der Waals surface area contributed by atoms with Gasteiger partial charge in [-0.3, -0.25) is 4.98 Å². The lowest BCUT2D eigenvalue weighted by atomic mass is 10.2. The summed E-state index contributed by atoms with van der Waals surface area (Å²) in [5.74, 6) is 0.186. The zero-order chi connectivity index (χ0) is 16.7. The summed E-state index contributed by atoms with van der Waals surface area (Å²) in [5, 5.41) is 0. The Bertz CT molecular complexity index is 843. The maximum absolute atomic E-state index is 13.2. The molecule has 0 saturated carbocycles. The molecule has 2 aromatic rings. The van der Waals surface area contributed by atoms with Crippen molar-refractivity contribution in [2.75, 3.05) is 20.1 Å². The van der Waals surface area contributed by atoms with Crippen molar-refractivity contribution < 1.29 is 13.2 Å². The fourth-order valence-electron chi connectivity index (χ4n) is 3.30. The van der Waals surface area contributed by atoms with E-state index in [0.29, 0.717) is 18.8 Å². The van der Waals surface area contributed by atoms with Crippen LogP contribution in [0.15, 0.2) is 47.6 Å². The number of likely N-dealkylation sites (tertiary alicyclic amines) is 1. The van der Waals surface area contributed by atoms with Gasteiger partial charge in [0.1, 0.15) is 11.0 Å². The molecule has 1 saturated heterocycles. The molecule has 4 heterocycles. The lowest BCUT2D eigenvalue weighted by molar-refractivity contribution is 0.144. The highest BCUT2D eigenvalue weighted by molar-refractivity contribution is 7.89. The smallest absolute Gasteiger partial charge is 0.249 e.